The molecule has 4 nitrogen and oxygen atoms in total. The van der Waals surface area contributed by atoms with Gasteiger partial charge in [0.25, 0.3) is 0 Å². The molecular formula is C13H14N4. The Morgan fingerprint density at radius 3 is 2.65 bits per heavy atom. The minimum absolute atomic E-state index is 0.693. The molecule has 0 aliphatic rings. The Morgan fingerprint density at radius 2 is 2.06 bits per heavy atom. The zero-order valence-corrected chi connectivity index (χ0v) is 9.70. The zero-order chi connectivity index (χ0) is 12.1. The summed E-state index contributed by atoms with van der Waals surface area (Å²) in [7, 11) is 0. The molecule has 17 heavy (non-hydrogen) atoms. The molecule has 1 aromatic heterocycles. The monoisotopic (exact) mass is 226 g/mol. The van der Waals surface area contributed by atoms with Crippen molar-refractivity contribution < 1.29 is 0 Å². The number of hydrogen-bond donors (Lipinski definition) is 2. The van der Waals surface area contributed by atoms with E-state index in [0.29, 0.717) is 5.56 Å². The molecule has 0 saturated heterocycles. The first-order valence-corrected chi connectivity index (χ1v) is 5.48. The predicted octanol–water partition coefficient (Wildman–Crippen LogP) is 1.88. The van der Waals surface area contributed by atoms with Crippen LogP contribution < -0.4 is 5.32 Å². The summed E-state index contributed by atoms with van der Waals surface area (Å²) in [6, 6.07) is 9.69. The number of nitrogens with zero attached hydrogens (tertiary/aromatic N) is 2. The van der Waals surface area contributed by atoms with Gasteiger partial charge in [-0.3, -0.25) is 0 Å². The molecule has 2 N–H and O–H groups in total. The number of aromatic amines is 1. The second-order valence-corrected chi connectivity index (χ2v) is 3.91. The topological polar surface area (TPSA) is 64.5 Å². The quantitative estimate of drug-likeness (QED) is 0.836. The number of aromatic nitrogens is 2. The fourth-order valence-electron chi connectivity index (χ4n) is 1.60. The van der Waals surface area contributed by atoms with Crippen LogP contribution in [0.25, 0.3) is 0 Å². The highest BCUT2D eigenvalue weighted by atomic mass is 15.0. The number of rotatable bonds is 4. The predicted molar refractivity (Wildman–Crippen MR) is 65.0 cm³/mol. The molecule has 0 bridgehead atoms. The highest BCUT2D eigenvalue weighted by molar-refractivity contribution is 5.31. The lowest BCUT2D eigenvalue weighted by molar-refractivity contribution is 0.681. The van der Waals surface area contributed by atoms with Gasteiger partial charge in [-0.05, 0) is 24.6 Å². The number of hydrogen-bond acceptors (Lipinski definition) is 3. The molecule has 86 valence electrons. The van der Waals surface area contributed by atoms with Gasteiger partial charge in [0.2, 0.25) is 0 Å². The Morgan fingerprint density at radius 1 is 1.29 bits per heavy atom. The summed E-state index contributed by atoms with van der Waals surface area (Å²) in [5, 5.41) is 12.0. The number of nitrogens with one attached hydrogen (secondary N) is 2. The van der Waals surface area contributed by atoms with Crippen LogP contribution in [0.15, 0.2) is 30.5 Å². The number of imidazole rings is 1. The number of H-pyrrole nitrogens is 1. The van der Waals surface area contributed by atoms with Crippen molar-refractivity contribution in [2.75, 3.05) is 0 Å². The summed E-state index contributed by atoms with van der Waals surface area (Å²) in [4.78, 5) is 7.30. The third-order valence-corrected chi connectivity index (χ3v) is 2.48. The van der Waals surface area contributed by atoms with Gasteiger partial charge in [-0.25, -0.2) is 4.98 Å². The van der Waals surface area contributed by atoms with Crippen molar-refractivity contribution in [3.63, 3.8) is 0 Å². The lowest BCUT2D eigenvalue weighted by Crippen LogP contribution is -2.12. The molecule has 1 aromatic carbocycles. The largest absolute Gasteiger partial charge is 0.345 e. The van der Waals surface area contributed by atoms with Gasteiger partial charge < -0.3 is 10.3 Å². The summed E-state index contributed by atoms with van der Waals surface area (Å²) in [6.07, 6.45) is 1.83. The third kappa shape index (κ3) is 3.16. The average Bonchev–Trinajstić information content (AvgIpc) is 2.76. The van der Waals surface area contributed by atoms with E-state index in [1.165, 1.54) is 5.56 Å². The number of nitriles is 1. The van der Waals surface area contributed by atoms with Gasteiger partial charge in [0, 0.05) is 25.0 Å². The molecule has 1 heterocycles. The summed E-state index contributed by atoms with van der Waals surface area (Å²) in [6.45, 7) is 3.48. The molecular weight excluding hydrogens is 212 g/mol. The summed E-state index contributed by atoms with van der Waals surface area (Å²) < 4.78 is 0. The SMILES string of the molecule is Cc1ncc(CNCc2ccc(C#N)cc2)[nH]1. The first-order valence-electron chi connectivity index (χ1n) is 5.48. The van der Waals surface area contributed by atoms with Gasteiger partial charge in [-0.2, -0.15) is 5.26 Å². The van der Waals surface area contributed by atoms with Crippen LogP contribution in [0.2, 0.25) is 0 Å². The van der Waals surface area contributed by atoms with Crippen molar-refractivity contribution in [1.29, 1.82) is 5.26 Å². The third-order valence-electron chi connectivity index (χ3n) is 2.48. The van der Waals surface area contributed by atoms with Crippen LogP contribution in [0.1, 0.15) is 22.6 Å². The highest BCUT2D eigenvalue weighted by Crippen LogP contribution is 2.03. The van der Waals surface area contributed by atoms with Gasteiger partial charge in [0.05, 0.1) is 11.6 Å². The van der Waals surface area contributed by atoms with Crippen molar-refractivity contribution in [3.8, 4) is 6.07 Å². The number of benzene rings is 1. The standard InChI is InChI=1S/C13H14N4/c1-10-16-9-13(17-10)8-15-7-12-4-2-11(6-14)3-5-12/h2-5,9,15H,7-8H2,1H3,(H,16,17). The second kappa shape index (κ2) is 5.28. The number of aryl methyl sites for hydroxylation is 1. The Labute approximate surface area is 100 Å². The summed E-state index contributed by atoms with van der Waals surface area (Å²) in [5.74, 6) is 0.931. The Balaban J connectivity index is 1.84. The minimum atomic E-state index is 0.693. The van der Waals surface area contributed by atoms with E-state index in [0.717, 1.165) is 24.6 Å². The fourth-order valence-corrected chi connectivity index (χ4v) is 1.60. The van der Waals surface area contributed by atoms with E-state index in [1.54, 1.807) is 0 Å². The maximum atomic E-state index is 8.68. The van der Waals surface area contributed by atoms with Crippen molar-refractivity contribution in [2.45, 2.75) is 20.0 Å². The zero-order valence-electron chi connectivity index (χ0n) is 9.70. The molecule has 0 unspecified atom stereocenters. The smallest absolute Gasteiger partial charge is 0.103 e. The molecule has 0 atom stereocenters. The van der Waals surface area contributed by atoms with E-state index in [1.807, 2.05) is 37.4 Å². The van der Waals surface area contributed by atoms with E-state index < -0.39 is 0 Å². The normalized spacial score (nSPS) is 10.1. The van der Waals surface area contributed by atoms with Crippen LogP contribution in [-0.2, 0) is 13.1 Å². The molecule has 0 saturated carbocycles. The highest BCUT2D eigenvalue weighted by Gasteiger charge is 1.97. The van der Waals surface area contributed by atoms with Crippen LogP contribution in [0, 0.1) is 18.3 Å². The molecule has 0 spiro atoms. The van der Waals surface area contributed by atoms with Crippen LogP contribution >= 0.6 is 0 Å². The Hall–Kier alpha value is -2.12. The van der Waals surface area contributed by atoms with Gasteiger partial charge in [-0.15, -0.1) is 0 Å². The van der Waals surface area contributed by atoms with Gasteiger partial charge in [0.15, 0.2) is 0 Å². The van der Waals surface area contributed by atoms with Crippen molar-refractivity contribution >= 4 is 0 Å². The Kier molecular flexibility index (Phi) is 3.53. The summed E-state index contributed by atoms with van der Waals surface area (Å²) in [5.41, 5.74) is 2.94. The van der Waals surface area contributed by atoms with Crippen molar-refractivity contribution in [3.05, 3.63) is 53.1 Å². The van der Waals surface area contributed by atoms with Crippen LogP contribution in [-0.4, -0.2) is 9.97 Å². The van der Waals surface area contributed by atoms with E-state index in [9.17, 15) is 0 Å². The molecule has 2 rings (SSSR count). The summed E-state index contributed by atoms with van der Waals surface area (Å²) >= 11 is 0. The minimum Gasteiger partial charge on any atom is -0.345 e. The van der Waals surface area contributed by atoms with E-state index in [2.05, 4.69) is 21.4 Å². The van der Waals surface area contributed by atoms with Crippen molar-refractivity contribution in [1.82, 2.24) is 15.3 Å². The van der Waals surface area contributed by atoms with Crippen LogP contribution in [0.4, 0.5) is 0 Å². The molecule has 0 fully saturated rings. The van der Waals surface area contributed by atoms with Gasteiger partial charge >= 0.3 is 0 Å². The molecule has 0 aliphatic heterocycles. The van der Waals surface area contributed by atoms with Gasteiger partial charge in [0.1, 0.15) is 5.82 Å². The molecule has 0 aliphatic carbocycles. The lowest BCUT2D eigenvalue weighted by atomic mass is 10.1. The maximum Gasteiger partial charge on any atom is 0.103 e. The average molecular weight is 226 g/mol. The van der Waals surface area contributed by atoms with Gasteiger partial charge in [-0.1, -0.05) is 12.1 Å². The maximum absolute atomic E-state index is 8.68. The second-order valence-electron chi connectivity index (χ2n) is 3.91. The molecule has 0 amide bonds. The van der Waals surface area contributed by atoms with Crippen molar-refractivity contribution in [2.24, 2.45) is 0 Å². The van der Waals surface area contributed by atoms with E-state index in [4.69, 9.17) is 5.26 Å². The van der Waals surface area contributed by atoms with E-state index >= 15 is 0 Å². The molecule has 2 aromatic rings. The Bertz CT molecular complexity index is 519. The van der Waals surface area contributed by atoms with Crippen LogP contribution in [0.3, 0.4) is 0 Å². The first-order chi connectivity index (χ1) is 8.28. The van der Waals surface area contributed by atoms with E-state index in [-0.39, 0.29) is 0 Å². The molecule has 4 heteroatoms. The first kappa shape index (κ1) is 11.4. The molecule has 0 radical (unpaired) electrons. The lowest BCUT2D eigenvalue weighted by Gasteiger charge is -2.03. The fraction of sp³-hybridized carbons (Fsp3) is 0.231. The van der Waals surface area contributed by atoms with Crippen LogP contribution in [0.5, 0.6) is 0 Å².